The Morgan fingerprint density at radius 1 is 1.29 bits per heavy atom. The Kier molecular flexibility index (Phi) is 3.42. The summed E-state index contributed by atoms with van der Waals surface area (Å²) in [6.45, 7) is 5.95. The van der Waals surface area contributed by atoms with Gasteiger partial charge in [0.2, 0.25) is 17.7 Å². The highest BCUT2D eigenvalue weighted by Gasteiger charge is 2.46. The largest absolute Gasteiger partial charge is 0.342 e. The third-order valence-corrected chi connectivity index (χ3v) is 4.92. The monoisotopic (exact) mass is 293 g/mol. The molecule has 3 rings (SSSR count). The van der Waals surface area contributed by atoms with Crippen molar-refractivity contribution in [3.63, 3.8) is 0 Å². The first-order chi connectivity index (χ1) is 9.89. The number of hydrogen-bond acceptors (Lipinski definition) is 3. The Balaban J connectivity index is 1.63. The van der Waals surface area contributed by atoms with E-state index in [0.717, 1.165) is 6.54 Å². The number of likely N-dealkylation sites (tertiary alicyclic amines) is 1. The van der Waals surface area contributed by atoms with Crippen LogP contribution in [0.2, 0.25) is 0 Å². The lowest BCUT2D eigenvalue weighted by molar-refractivity contribution is -0.141. The molecule has 3 fully saturated rings. The Labute approximate surface area is 125 Å². The molecular weight excluding hydrogens is 270 g/mol. The smallest absolute Gasteiger partial charge is 0.243 e. The van der Waals surface area contributed by atoms with E-state index in [2.05, 4.69) is 0 Å². The first-order valence-corrected chi connectivity index (χ1v) is 7.72. The van der Waals surface area contributed by atoms with Crippen LogP contribution in [0.1, 0.15) is 33.1 Å². The van der Waals surface area contributed by atoms with Crippen LogP contribution in [0.15, 0.2) is 0 Å². The Morgan fingerprint density at radius 3 is 2.57 bits per heavy atom. The van der Waals surface area contributed by atoms with Crippen molar-refractivity contribution in [2.45, 2.75) is 33.1 Å². The lowest BCUT2D eigenvalue weighted by Crippen LogP contribution is -2.44. The van der Waals surface area contributed by atoms with Crippen LogP contribution in [-0.2, 0) is 14.4 Å². The summed E-state index contributed by atoms with van der Waals surface area (Å²) in [7, 11) is 0. The summed E-state index contributed by atoms with van der Waals surface area (Å²) in [5.41, 5.74) is -0.540. The molecule has 2 saturated heterocycles. The fourth-order valence-corrected chi connectivity index (χ4v) is 3.29. The lowest BCUT2D eigenvalue weighted by Gasteiger charge is -2.28. The van der Waals surface area contributed by atoms with E-state index in [9.17, 15) is 14.4 Å². The maximum absolute atomic E-state index is 12.7. The average Bonchev–Trinajstić information content (AvgIpc) is 3.04. The predicted octanol–water partition coefficient (Wildman–Crippen LogP) is 0.283. The van der Waals surface area contributed by atoms with E-state index in [1.807, 2.05) is 6.92 Å². The highest BCUT2D eigenvalue weighted by Crippen LogP contribution is 2.34. The molecule has 1 aliphatic carbocycles. The van der Waals surface area contributed by atoms with Gasteiger partial charge in [0.15, 0.2) is 0 Å². The van der Waals surface area contributed by atoms with Crippen molar-refractivity contribution in [3.05, 3.63) is 0 Å². The van der Waals surface area contributed by atoms with E-state index in [1.165, 1.54) is 19.8 Å². The number of carbonyl (C=O) groups is 3. The van der Waals surface area contributed by atoms with E-state index < -0.39 is 5.41 Å². The number of rotatable bonds is 3. The van der Waals surface area contributed by atoms with Gasteiger partial charge in [0, 0.05) is 26.6 Å². The molecule has 0 spiro atoms. The summed E-state index contributed by atoms with van der Waals surface area (Å²) in [4.78, 5) is 41.4. The molecule has 6 nitrogen and oxygen atoms in total. The molecule has 0 aromatic rings. The Bertz CT molecular complexity index is 489. The molecule has 0 radical (unpaired) electrons. The van der Waals surface area contributed by atoms with Gasteiger partial charge in [-0.1, -0.05) is 0 Å². The molecule has 2 heterocycles. The van der Waals surface area contributed by atoms with Crippen molar-refractivity contribution in [1.82, 2.24) is 14.7 Å². The van der Waals surface area contributed by atoms with Crippen molar-refractivity contribution in [2.24, 2.45) is 11.3 Å². The maximum Gasteiger partial charge on any atom is 0.243 e. The molecular formula is C15H23N3O3. The number of hydrogen-bond donors (Lipinski definition) is 0. The van der Waals surface area contributed by atoms with Crippen LogP contribution in [0, 0.1) is 11.3 Å². The molecule has 0 bridgehead atoms. The zero-order valence-corrected chi connectivity index (χ0v) is 12.8. The molecule has 1 saturated carbocycles. The fraction of sp³-hybridized carbons (Fsp3) is 0.800. The SMILES string of the molecule is CC(=O)N1CCC(C)(C(=O)N2CC(=O)N(CC3CC3)C2)C1. The van der Waals surface area contributed by atoms with Gasteiger partial charge in [0.25, 0.3) is 0 Å². The van der Waals surface area contributed by atoms with Gasteiger partial charge in [0.05, 0.1) is 12.1 Å². The summed E-state index contributed by atoms with van der Waals surface area (Å²) >= 11 is 0. The molecule has 0 aromatic heterocycles. The zero-order valence-electron chi connectivity index (χ0n) is 12.8. The minimum absolute atomic E-state index is 0.0119. The summed E-state index contributed by atoms with van der Waals surface area (Å²) < 4.78 is 0. The first kappa shape index (κ1) is 14.4. The summed E-state index contributed by atoms with van der Waals surface area (Å²) in [5.74, 6) is 0.719. The van der Waals surface area contributed by atoms with Crippen molar-refractivity contribution >= 4 is 17.7 Å². The highest BCUT2D eigenvalue weighted by molar-refractivity contribution is 5.91. The highest BCUT2D eigenvalue weighted by atomic mass is 16.2. The topological polar surface area (TPSA) is 60.9 Å². The van der Waals surface area contributed by atoms with Crippen LogP contribution in [-0.4, -0.2) is 65.3 Å². The molecule has 6 heteroatoms. The van der Waals surface area contributed by atoms with Crippen LogP contribution < -0.4 is 0 Å². The number of amides is 3. The van der Waals surface area contributed by atoms with Crippen LogP contribution in [0.4, 0.5) is 0 Å². The second-order valence-electron chi connectivity index (χ2n) is 6.96. The molecule has 1 atom stereocenters. The van der Waals surface area contributed by atoms with E-state index in [1.54, 1.807) is 14.7 Å². The van der Waals surface area contributed by atoms with Gasteiger partial charge in [-0.15, -0.1) is 0 Å². The van der Waals surface area contributed by atoms with Crippen molar-refractivity contribution in [3.8, 4) is 0 Å². The van der Waals surface area contributed by atoms with Gasteiger partial charge < -0.3 is 14.7 Å². The summed E-state index contributed by atoms with van der Waals surface area (Å²) in [6.07, 6.45) is 3.07. The van der Waals surface area contributed by atoms with Gasteiger partial charge in [0.1, 0.15) is 6.54 Å². The molecule has 3 amide bonds. The number of nitrogens with zero attached hydrogens (tertiary/aromatic N) is 3. The van der Waals surface area contributed by atoms with Gasteiger partial charge in [-0.2, -0.15) is 0 Å². The second kappa shape index (κ2) is 5.00. The van der Waals surface area contributed by atoms with Gasteiger partial charge >= 0.3 is 0 Å². The van der Waals surface area contributed by atoms with E-state index in [0.29, 0.717) is 32.1 Å². The van der Waals surface area contributed by atoms with Crippen LogP contribution in [0.5, 0.6) is 0 Å². The zero-order chi connectivity index (χ0) is 15.2. The summed E-state index contributed by atoms with van der Waals surface area (Å²) in [5, 5.41) is 0. The molecule has 116 valence electrons. The molecule has 21 heavy (non-hydrogen) atoms. The molecule has 1 unspecified atom stereocenters. The van der Waals surface area contributed by atoms with Gasteiger partial charge in [-0.05, 0) is 32.1 Å². The first-order valence-electron chi connectivity index (χ1n) is 7.72. The maximum atomic E-state index is 12.7. The van der Waals surface area contributed by atoms with E-state index in [-0.39, 0.29) is 24.3 Å². The quantitative estimate of drug-likeness (QED) is 0.751. The fourth-order valence-electron chi connectivity index (χ4n) is 3.29. The predicted molar refractivity (Wildman–Crippen MR) is 76.0 cm³/mol. The van der Waals surface area contributed by atoms with Crippen molar-refractivity contribution in [1.29, 1.82) is 0 Å². The second-order valence-corrected chi connectivity index (χ2v) is 6.96. The van der Waals surface area contributed by atoms with Gasteiger partial charge in [-0.25, -0.2) is 0 Å². The van der Waals surface area contributed by atoms with Crippen LogP contribution in [0.3, 0.4) is 0 Å². The molecule has 3 aliphatic rings. The van der Waals surface area contributed by atoms with Crippen LogP contribution in [0.25, 0.3) is 0 Å². The molecule has 0 N–H and O–H groups in total. The number of carbonyl (C=O) groups excluding carboxylic acids is 3. The van der Waals surface area contributed by atoms with E-state index in [4.69, 9.17) is 0 Å². The molecule has 2 aliphatic heterocycles. The third kappa shape index (κ3) is 2.76. The van der Waals surface area contributed by atoms with Crippen molar-refractivity contribution in [2.75, 3.05) is 32.8 Å². The Hall–Kier alpha value is -1.59. The summed E-state index contributed by atoms with van der Waals surface area (Å²) in [6, 6.07) is 0. The normalized spacial score (nSPS) is 29.4. The van der Waals surface area contributed by atoms with E-state index >= 15 is 0 Å². The Morgan fingerprint density at radius 2 is 2.00 bits per heavy atom. The molecule has 0 aromatic carbocycles. The van der Waals surface area contributed by atoms with Crippen LogP contribution >= 0.6 is 0 Å². The minimum atomic E-state index is -0.540. The minimum Gasteiger partial charge on any atom is -0.342 e. The van der Waals surface area contributed by atoms with Gasteiger partial charge in [-0.3, -0.25) is 14.4 Å². The lowest BCUT2D eigenvalue weighted by atomic mass is 9.88. The van der Waals surface area contributed by atoms with Crippen molar-refractivity contribution < 1.29 is 14.4 Å². The average molecular weight is 293 g/mol. The third-order valence-electron chi connectivity index (χ3n) is 4.92. The standard InChI is InChI=1S/C15H23N3O3/c1-11(19)16-6-5-15(2,9-16)14(21)18-8-13(20)17(10-18)7-12-3-4-12/h12H,3-10H2,1-2H3.